The fraction of sp³-hybridized carbons (Fsp3) is 0.0588. The highest BCUT2D eigenvalue weighted by atomic mass is 35.5. The number of halogens is 4. The number of carbonyl (C=O) groups is 2. The van der Waals surface area contributed by atoms with Gasteiger partial charge in [-0.25, -0.2) is 4.90 Å². The first-order valence-electron chi connectivity index (χ1n) is 7.24. The van der Waals surface area contributed by atoms with Gasteiger partial charge in [-0.3, -0.25) is 9.59 Å². The lowest BCUT2D eigenvalue weighted by atomic mass is 10.1. The molecule has 2 aromatic rings. The van der Waals surface area contributed by atoms with Crippen LogP contribution < -0.4 is 4.90 Å². The number of alkyl halides is 3. The van der Waals surface area contributed by atoms with Crippen LogP contribution in [0, 0.1) is 0 Å². The number of anilines is 1. The summed E-state index contributed by atoms with van der Waals surface area (Å²) < 4.78 is 39.0. The number of carbonyl (C=O) groups excluding carboxylic acids is 2. The molecule has 1 saturated heterocycles. The highest BCUT2D eigenvalue weighted by molar-refractivity contribution is 8.19. The summed E-state index contributed by atoms with van der Waals surface area (Å²) in [5.74, 6) is -1.59. The van der Waals surface area contributed by atoms with Gasteiger partial charge < -0.3 is 10.2 Å². The second kappa shape index (κ2) is 6.82. The van der Waals surface area contributed by atoms with Crippen molar-refractivity contribution in [2.75, 3.05) is 4.90 Å². The van der Waals surface area contributed by atoms with Crippen LogP contribution in [0.2, 0.25) is 5.02 Å². The van der Waals surface area contributed by atoms with Crippen LogP contribution in [0.25, 0.3) is 6.08 Å². The van der Waals surface area contributed by atoms with Gasteiger partial charge in [-0.05, 0) is 53.7 Å². The topological polar surface area (TPSA) is 77.8 Å². The molecule has 1 heterocycles. The number of aromatic hydroxyl groups is 2. The summed E-state index contributed by atoms with van der Waals surface area (Å²) in [7, 11) is 0. The second-order valence-corrected chi connectivity index (χ2v) is 6.83. The molecule has 0 aromatic heterocycles. The van der Waals surface area contributed by atoms with Crippen LogP contribution >= 0.6 is 23.4 Å². The number of amides is 2. The molecule has 1 fully saturated rings. The van der Waals surface area contributed by atoms with E-state index in [4.69, 9.17) is 11.6 Å². The minimum atomic E-state index is -4.74. The summed E-state index contributed by atoms with van der Waals surface area (Å²) in [6.07, 6.45) is -3.46. The van der Waals surface area contributed by atoms with Gasteiger partial charge in [0, 0.05) is 0 Å². The van der Waals surface area contributed by atoms with Gasteiger partial charge in [-0.15, -0.1) is 0 Å². The number of hydrogen-bond donors (Lipinski definition) is 2. The van der Waals surface area contributed by atoms with Crippen molar-refractivity contribution in [1.82, 2.24) is 0 Å². The number of thioether (sulfide) groups is 1. The van der Waals surface area contributed by atoms with Crippen LogP contribution in [-0.4, -0.2) is 21.4 Å². The van der Waals surface area contributed by atoms with Crippen LogP contribution in [0.4, 0.5) is 23.7 Å². The summed E-state index contributed by atoms with van der Waals surface area (Å²) in [6, 6.07) is 6.50. The molecule has 1 aliphatic heterocycles. The Morgan fingerprint density at radius 2 is 1.74 bits per heavy atom. The van der Waals surface area contributed by atoms with Crippen molar-refractivity contribution < 1.29 is 33.0 Å². The van der Waals surface area contributed by atoms with E-state index in [1.807, 2.05) is 0 Å². The smallest absolute Gasteiger partial charge is 0.417 e. The maximum atomic E-state index is 13.0. The first-order chi connectivity index (χ1) is 12.6. The molecule has 0 spiro atoms. The maximum absolute atomic E-state index is 13.0. The van der Waals surface area contributed by atoms with E-state index in [-0.39, 0.29) is 16.3 Å². The number of imide groups is 1. The van der Waals surface area contributed by atoms with Crippen LogP contribution in [0.1, 0.15) is 11.1 Å². The van der Waals surface area contributed by atoms with E-state index in [0.29, 0.717) is 28.3 Å². The molecule has 2 amide bonds. The molecule has 1 aliphatic rings. The van der Waals surface area contributed by atoms with E-state index in [2.05, 4.69) is 0 Å². The first-order valence-corrected chi connectivity index (χ1v) is 8.44. The van der Waals surface area contributed by atoms with E-state index in [1.165, 1.54) is 24.3 Å². The molecule has 2 N–H and O–H groups in total. The predicted molar refractivity (Wildman–Crippen MR) is 94.7 cm³/mol. The normalized spacial score (nSPS) is 16.4. The van der Waals surface area contributed by atoms with Crippen molar-refractivity contribution >= 4 is 46.3 Å². The molecule has 0 unspecified atom stereocenters. The molecule has 140 valence electrons. The molecule has 0 aliphatic carbocycles. The Labute approximate surface area is 159 Å². The van der Waals surface area contributed by atoms with E-state index in [1.54, 1.807) is 0 Å². The van der Waals surface area contributed by atoms with Gasteiger partial charge >= 0.3 is 6.18 Å². The number of phenols is 2. The lowest BCUT2D eigenvalue weighted by molar-refractivity contribution is -0.137. The monoisotopic (exact) mass is 415 g/mol. The zero-order valence-electron chi connectivity index (χ0n) is 13.1. The maximum Gasteiger partial charge on any atom is 0.417 e. The second-order valence-electron chi connectivity index (χ2n) is 5.43. The summed E-state index contributed by atoms with van der Waals surface area (Å²) in [6.45, 7) is 0. The molecule has 0 bridgehead atoms. The van der Waals surface area contributed by atoms with Crippen molar-refractivity contribution in [2.45, 2.75) is 6.18 Å². The fourth-order valence-corrected chi connectivity index (χ4v) is 3.41. The number of phenolic OH excluding ortho intramolecular Hbond substituents is 2. The standard InChI is InChI=1S/C17H9ClF3NO4S/c18-11-3-2-9(7-10(11)17(19,20)21)22-15(25)14(27-16(22)26)6-8-1-4-12(23)13(24)5-8/h1-7,23-24H/b14-6-. The van der Waals surface area contributed by atoms with E-state index in [9.17, 15) is 33.0 Å². The van der Waals surface area contributed by atoms with E-state index >= 15 is 0 Å². The molecule has 0 radical (unpaired) electrons. The van der Waals surface area contributed by atoms with Gasteiger partial charge in [0.1, 0.15) is 0 Å². The third kappa shape index (κ3) is 3.74. The Morgan fingerprint density at radius 3 is 2.37 bits per heavy atom. The zero-order chi connectivity index (χ0) is 19.9. The van der Waals surface area contributed by atoms with Crippen LogP contribution in [0.15, 0.2) is 41.3 Å². The van der Waals surface area contributed by atoms with Gasteiger partial charge in [0.25, 0.3) is 11.1 Å². The molecule has 0 atom stereocenters. The lowest BCUT2D eigenvalue weighted by Gasteiger charge is -2.16. The summed E-state index contributed by atoms with van der Waals surface area (Å²) in [5, 5.41) is 17.5. The zero-order valence-corrected chi connectivity index (χ0v) is 14.7. The van der Waals surface area contributed by atoms with Gasteiger partial charge in [-0.1, -0.05) is 17.7 Å². The molecular weight excluding hydrogens is 407 g/mol. The molecular formula is C17H9ClF3NO4S. The van der Waals surface area contributed by atoms with Gasteiger partial charge in [-0.2, -0.15) is 13.2 Å². The lowest BCUT2D eigenvalue weighted by Crippen LogP contribution is -2.28. The van der Waals surface area contributed by atoms with Crippen molar-refractivity contribution in [3.05, 3.63) is 57.5 Å². The molecule has 3 rings (SSSR count). The van der Waals surface area contributed by atoms with Crippen LogP contribution in [-0.2, 0) is 11.0 Å². The Morgan fingerprint density at radius 1 is 1.04 bits per heavy atom. The fourth-order valence-electron chi connectivity index (χ4n) is 2.34. The van der Waals surface area contributed by atoms with Gasteiger partial charge in [0.05, 0.1) is 21.2 Å². The minimum absolute atomic E-state index is 0.0476. The highest BCUT2D eigenvalue weighted by Gasteiger charge is 2.39. The summed E-state index contributed by atoms with van der Waals surface area (Å²) in [5.41, 5.74) is -1.10. The van der Waals surface area contributed by atoms with Crippen LogP contribution in [0.5, 0.6) is 11.5 Å². The molecule has 27 heavy (non-hydrogen) atoms. The van der Waals surface area contributed by atoms with E-state index in [0.717, 1.165) is 12.1 Å². The average Bonchev–Trinajstić information content (AvgIpc) is 2.84. The van der Waals surface area contributed by atoms with E-state index < -0.39 is 33.7 Å². The van der Waals surface area contributed by atoms with Gasteiger partial charge in [0.2, 0.25) is 0 Å². The molecule has 10 heteroatoms. The number of nitrogens with zero attached hydrogens (tertiary/aromatic N) is 1. The average molecular weight is 416 g/mol. The number of hydrogen-bond acceptors (Lipinski definition) is 5. The van der Waals surface area contributed by atoms with Crippen molar-refractivity contribution in [3.8, 4) is 11.5 Å². The molecule has 0 saturated carbocycles. The molecule has 5 nitrogen and oxygen atoms in total. The Hall–Kier alpha value is -2.65. The largest absolute Gasteiger partial charge is 0.504 e. The first kappa shape index (κ1) is 19.1. The predicted octanol–water partition coefficient (Wildman–Crippen LogP) is 5.01. The van der Waals surface area contributed by atoms with Gasteiger partial charge in [0.15, 0.2) is 11.5 Å². The number of benzene rings is 2. The van der Waals surface area contributed by atoms with Crippen molar-refractivity contribution in [3.63, 3.8) is 0 Å². The Bertz CT molecular complexity index is 991. The third-order valence-corrected chi connectivity index (χ3v) is 4.80. The quantitative estimate of drug-likeness (QED) is 0.532. The Kier molecular flexibility index (Phi) is 4.83. The Balaban J connectivity index is 1.97. The molecule has 2 aromatic carbocycles. The SMILES string of the molecule is O=C1S/C(=C\c2ccc(O)c(O)c2)C(=O)N1c1ccc(Cl)c(C(F)(F)F)c1. The number of rotatable bonds is 2. The minimum Gasteiger partial charge on any atom is -0.504 e. The van der Waals surface area contributed by atoms with Crippen molar-refractivity contribution in [2.24, 2.45) is 0 Å². The summed E-state index contributed by atoms with van der Waals surface area (Å²) in [4.78, 5) is 25.3. The highest BCUT2D eigenvalue weighted by Crippen LogP contribution is 2.41. The van der Waals surface area contributed by atoms with Crippen molar-refractivity contribution in [1.29, 1.82) is 0 Å². The summed E-state index contributed by atoms with van der Waals surface area (Å²) >= 11 is 6.09. The third-order valence-electron chi connectivity index (χ3n) is 3.60. The van der Waals surface area contributed by atoms with Crippen LogP contribution in [0.3, 0.4) is 0 Å².